The highest BCUT2D eigenvalue weighted by atomic mass is 16.5. The quantitative estimate of drug-likeness (QED) is 0.368. The van der Waals surface area contributed by atoms with Crippen molar-refractivity contribution in [2.75, 3.05) is 6.61 Å². The van der Waals surface area contributed by atoms with Gasteiger partial charge in [-0.2, -0.15) is 0 Å². The Balaban J connectivity index is 2.56. The van der Waals surface area contributed by atoms with Crippen LogP contribution < -0.4 is 0 Å². The molecule has 10 heavy (non-hydrogen) atoms. The smallest absolute Gasteiger partial charge is 0.305 e. The first kappa shape index (κ1) is 7.14. The highest BCUT2D eigenvalue weighted by Gasteiger charge is 2.29. The Labute approximate surface area is 60.6 Å². The number of carbonyl (C=O) groups is 1. The first-order valence-corrected chi connectivity index (χ1v) is 3.30. The first-order chi connectivity index (χ1) is 4.66. The molecule has 1 aliphatic rings. The molecule has 1 fully saturated rings. The van der Waals surface area contributed by atoms with Gasteiger partial charge < -0.3 is 4.74 Å². The molecule has 0 bridgehead atoms. The molecule has 1 unspecified atom stereocenters. The fourth-order valence-electron chi connectivity index (χ4n) is 0.876. The van der Waals surface area contributed by atoms with Crippen LogP contribution in [0.2, 0.25) is 0 Å². The summed E-state index contributed by atoms with van der Waals surface area (Å²) in [6.07, 6.45) is 6.45. The zero-order valence-corrected chi connectivity index (χ0v) is 6.02. The van der Waals surface area contributed by atoms with Gasteiger partial charge in [-0.1, -0.05) is 5.92 Å². The number of rotatable bonds is 0. The van der Waals surface area contributed by atoms with Crippen LogP contribution in [-0.4, -0.2) is 12.6 Å². The molecule has 0 amide bonds. The largest absolute Gasteiger partial charge is 0.464 e. The second kappa shape index (κ2) is 2.34. The van der Waals surface area contributed by atoms with Crippen molar-refractivity contribution in [2.24, 2.45) is 5.41 Å². The minimum Gasteiger partial charge on any atom is -0.464 e. The summed E-state index contributed by atoms with van der Waals surface area (Å²) >= 11 is 0. The van der Waals surface area contributed by atoms with Gasteiger partial charge in [0.2, 0.25) is 0 Å². The average molecular weight is 138 g/mol. The number of carbonyl (C=O) groups excluding carboxylic acids is 1. The zero-order valence-electron chi connectivity index (χ0n) is 6.02. The van der Waals surface area contributed by atoms with E-state index in [0.717, 1.165) is 6.42 Å². The maximum absolute atomic E-state index is 10.6. The fraction of sp³-hybridized carbons (Fsp3) is 0.625. The van der Waals surface area contributed by atoms with Crippen LogP contribution in [0, 0.1) is 17.8 Å². The van der Waals surface area contributed by atoms with Gasteiger partial charge in [0.15, 0.2) is 0 Å². The predicted molar refractivity (Wildman–Crippen MR) is 37.1 cm³/mol. The van der Waals surface area contributed by atoms with E-state index in [0.29, 0.717) is 13.0 Å². The zero-order chi connectivity index (χ0) is 7.61. The van der Waals surface area contributed by atoms with Crippen molar-refractivity contribution in [3.05, 3.63) is 0 Å². The second-order valence-corrected chi connectivity index (χ2v) is 2.87. The summed E-state index contributed by atoms with van der Waals surface area (Å²) in [6.45, 7) is 2.31. The van der Waals surface area contributed by atoms with Gasteiger partial charge in [-0.3, -0.25) is 4.79 Å². The van der Waals surface area contributed by atoms with E-state index in [1.165, 1.54) is 0 Å². The number of hydrogen-bond acceptors (Lipinski definition) is 2. The third-order valence-electron chi connectivity index (χ3n) is 1.78. The summed E-state index contributed by atoms with van der Waals surface area (Å²) in [4.78, 5) is 10.6. The minimum atomic E-state index is -0.214. The molecule has 0 aromatic carbocycles. The van der Waals surface area contributed by atoms with E-state index < -0.39 is 0 Å². The van der Waals surface area contributed by atoms with Crippen LogP contribution in [0.1, 0.15) is 19.8 Å². The van der Waals surface area contributed by atoms with E-state index in [-0.39, 0.29) is 11.4 Å². The van der Waals surface area contributed by atoms with Crippen LogP contribution in [0.5, 0.6) is 0 Å². The third-order valence-corrected chi connectivity index (χ3v) is 1.78. The van der Waals surface area contributed by atoms with Crippen LogP contribution in [0.15, 0.2) is 0 Å². The van der Waals surface area contributed by atoms with Crippen LogP contribution >= 0.6 is 0 Å². The number of cyclic esters (lactones) is 1. The Morgan fingerprint density at radius 1 is 1.80 bits per heavy atom. The van der Waals surface area contributed by atoms with Crippen molar-refractivity contribution in [3.63, 3.8) is 0 Å². The normalized spacial score (nSPS) is 32.6. The Morgan fingerprint density at radius 3 is 2.90 bits per heavy atom. The highest BCUT2D eigenvalue weighted by Crippen LogP contribution is 2.26. The topological polar surface area (TPSA) is 26.3 Å². The molecule has 0 N–H and O–H groups in total. The molecule has 0 aromatic rings. The van der Waals surface area contributed by atoms with Gasteiger partial charge in [0, 0.05) is 6.42 Å². The molecular weight excluding hydrogens is 128 g/mol. The SMILES string of the molecule is C#CC1(C)CCC(=O)OC1. The molecule has 1 atom stereocenters. The molecule has 0 aliphatic carbocycles. The van der Waals surface area contributed by atoms with Gasteiger partial charge in [-0.25, -0.2) is 0 Å². The standard InChI is InChI=1S/C8H10O2/c1-3-8(2)5-4-7(9)10-6-8/h1H,4-6H2,2H3. The first-order valence-electron chi connectivity index (χ1n) is 3.30. The molecule has 0 spiro atoms. The summed E-state index contributed by atoms with van der Waals surface area (Å²) in [5.41, 5.74) is -0.214. The summed E-state index contributed by atoms with van der Waals surface area (Å²) in [7, 11) is 0. The minimum absolute atomic E-state index is 0.132. The Bertz CT molecular complexity index is 178. The Kier molecular flexibility index (Phi) is 1.67. The Hall–Kier alpha value is -0.970. The van der Waals surface area contributed by atoms with Crippen LogP contribution in [0.25, 0.3) is 0 Å². The highest BCUT2D eigenvalue weighted by molar-refractivity contribution is 5.70. The molecule has 1 heterocycles. The fourth-order valence-corrected chi connectivity index (χ4v) is 0.876. The van der Waals surface area contributed by atoms with Crippen LogP contribution in [-0.2, 0) is 9.53 Å². The van der Waals surface area contributed by atoms with E-state index in [1.807, 2.05) is 6.92 Å². The molecule has 0 aromatic heterocycles. The lowest BCUT2D eigenvalue weighted by Crippen LogP contribution is -2.29. The number of ether oxygens (including phenoxy) is 1. The molecule has 1 rings (SSSR count). The van der Waals surface area contributed by atoms with E-state index in [1.54, 1.807) is 0 Å². The summed E-state index contributed by atoms with van der Waals surface area (Å²) in [5.74, 6) is 2.49. The third kappa shape index (κ3) is 1.30. The van der Waals surface area contributed by atoms with Gasteiger partial charge >= 0.3 is 5.97 Å². The van der Waals surface area contributed by atoms with Crippen LogP contribution in [0.4, 0.5) is 0 Å². The van der Waals surface area contributed by atoms with Gasteiger partial charge in [0.25, 0.3) is 0 Å². The second-order valence-electron chi connectivity index (χ2n) is 2.87. The summed E-state index contributed by atoms with van der Waals surface area (Å²) in [5, 5.41) is 0. The molecular formula is C8H10O2. The van der Waals surface area contributed by atoms with Gasteiger partial charge in [0.05, 0.1) is 5.41 Å². The predicted octanol–water partition coefficient (Wildman–Crippen LogP) is 0.963. The lowest BCUT2D eigenvalue weighted by atomic mass is 9.86. The van der Waals surface area contributed by atoms with Gasteiger partial charge in [0.1, 0.15) is 6.61 Å². The summed E-state index contributed by atoms with van der Waals surface area (Å²) in [6, 6.07) is 0. The van der Waals surface area contributed by atoms with E-state index >= 15 is 0 Å². The van der Waals surface area contributed by atoms with Crippen molar-refractivity contribution in [2.45, 2.75) is 19.8 Å². The monoisotopic (exact) mass is 138 g/mol. The lowest BCUT2D eigenvalue weighted by molar-refractivity contribution is -0.151. The molecule has 1 aliphatic heterocycles. The molecule has 54 valence electrons. The molecule has 1 saturated heterocycles. The van der Waals surface area contributed by atoms with Crippen molar-refractivity contribution in [1.29, 1.82) is 0 Å². The molecule has 0 radical (unpaired) electrons. The van der Waals surface area contributed by atoms with Gasteiger partial charge in [-0.15, -0.1) is 6.42 Å². The molecule has 0 saturated carbocycles. The molecule has 2 nitrogen and oxygen atoms in total. The van der Waals surface area contributed by atoms with Crippen molar-refractivity contribution < 1.29 is 9.53 Å². The maximum atomic E-state index is 10.6. The number of esters is 1. The number of hydrogen-bond donors (Lipinski definition) is 0. The van der Waals surface area contributed by atoms with Crippen LogP contribution in [0.3, 0.4) is 0 Å². The van der Waals surface area contributed by atoms with Crippen molar-refractivity contribution >= 4 is 5.97 Å². The van der Waals surface area contributed by atoms with Gasteiger partial charge in [-0.05, 0) is 13.3 Å². The average Bonchev–Trinajstić information content (AvgIpc) is 1.96. The lowest BCUT2D eigenvalue weighted by Gasteiger charge is -2.26. The van der Waals surface area contributed by atoms with E-state index in [9.17, 15) is 4.79 Å². The van der Waals surface area contributed by atoms with Crippen molar-refractivity contribution in [1.82, 2.24) is 0 Å². The van der Waals surface area contributed by atoms with E-state index in [4.69, 9.17) is 11.2 Å². The number of terminal acetylenes is 1. The van der Waals surface area contributed by atoms with E-state index in [2.05, 4.69) is 5.92 Å². The Morgan fingerprint density at radius 2 is 2.50 bits per heavy atom. The maximum Gasteiger partial charge on any atom is 0.305 e. The molecule has 2 heteroatoms. The summed E-state index contributed by atoms with van der Waals surface area (Å²) < 4.78 is 4.80. The van der Waals surface area contributed by atoms with Crippen molar-refractivity contribution in [3.8, 4) is 12.3 Å².